The van der Waals surface area contributed by atoms with Gasteiger partial charge in [-0.2, -0.15) is 0 Å². The highest BCUT2D eigenvalue weighted by Crippen LogP contribution is 2.51. The lowest BCUT2D eigenvalue weighted by Crippen LogP contribution is -2.44. The molecule has 1 N–H and O–H groups in total. The Hall–Kier alpha value is -3.29. The summed E-state index contributed by atoms with van der Waals surface area (Å²) in [5.74, 6) is 0.105. The van der Waals surface area contributed by atoms with Gasteiger partial charge in [0.15, 0.2) is 5.78 Å². The van der Waals surface area contributed by atoms with Crippen molar-refractivity contribution in [2.45, 2.75) is 56.5 Å². The summed E-state index contributed by atoms with van der Waals surface area (Å²) in [7, 11) is 1.82. The monoisotopic (exact) mass is 537 g/mol. The zero-order chi connectivity index (χ0) is 27.3. The van der Waals surface area contributed by atoms with Gasteiger partial charge in [-0.25, -0.2) is 0 Å². The maximum Gasteiger partial charge on any atom is 0.195 e. The van der Waals surface area contributed by atoms with Crippen molar-refractivity contribution in [3.05, 3.63) is 63.8 Å². The van der Waals surface area contributed by atoms with Crippen LogP contribution in [0.15, 0.2) is 40.3 Å². The number of carbonyl (C=O) groups excluding carboxylic acids is 1. The lowest BCUT2D eigenvalue weighted by Gasteiger charge is -2.43. The molecule has 4 aliphatic rings. The summed E-state index contributed by atoms with van der Waals surface area (Å²) in [6, 6.07) is 11.4. The van der Waals surface area contributed by atoms with Gasteiger partial charge in [0.05, 0.1) is 12.1 Å². The molecule has 0 amide bonds. The molecule has 7 heteroatoms. The molecule has 208 valence electrons. The van der Waals surface area contributed by atoms with E-state index in [1.54, 1.807) is 0 Å². The molecule has 3 aromatic rings. The number of aromatic amines is 1. The van der Waals surface area contributed by atoms with E-state index in [2.05, 4.69) is 61.8 Å². The Morgan fingerprint density at radius 3 is 2.60 bits per heavy atom. The van der Waals surface area contributed by atoms with Crippen molar-refractivity contribution in [2.75, 3.05) is 51.3 Å². The number of aromatic nitrogens is 1. The minimum Gasteiger partial charge on any atom is -0.381 e. The molecule has 0 unspecified atom stereocenters. The first-order valence-electron chi connectivity index (χ1n) is 14.9. The molecule has 1 aromatic heterocycles. The Morgan fingerprint density at radius 2 is 1.88 bits per heavy atom. The minimum absolute atomic E-state index is 0.105. The normalized spacial score (nSPS) is 21.4. The van der Waals surface area contributed by atoms with E-state index in [0.29, 0.717) is 25.8 Å². The van der Waals surface area contributed by atoms with E-state index in [0.717, 1.165) is 70.3 Å². The van der Waals surface area contributed by atoms with Crippen LogP contribution < -0.4 is 4.90 Å². The van der Waals surface area contributed by atoms with Gasteiger partial charge in [0.1, 0.15) is 0 Å². The molecule has 40 heavy (non-hydrogen) atoms. The van der Waals surface area contributed by atoms with Crippen LogP contribution in [0.3, 0.4) is 0 Å². The molecule has 0 saturated carbocycles. The van der Waals surface area contributed by atoms with Crippen LogP contribution in [0, 0.1) is 0 Å². The third-order valence-electron chi connectivity index (χ3n) is 9.87. The maximum atomic E-state index is 14.3. The number of benzene rings is 2. The number of aliphatic imine (C=N–C) groups is 2. The Kier molecular flexibility index (Phi) is 6.59. The average molecular weight is 538 g/mol. The van der Waals surface area contributed by atoms with E-state index in [9.17, 15) is 4.79 Å². The van der Waals surface area contributed by atoms with Gasteiger partial charge in [-0.1, -0.05) is 12.1 Å². The minimum atomic E-state index is -0.281. The quantitative estimate of drug-likeness (QED) is 0.459. The van der Waals surface area contributed by atoms with Crippen molar-refractivity contribution in [3.63, 3.8) is 0 Å². The summed E-state index contributed by atoms with van der Waals surface area (Å²) < 4.78 is 5.89. The van der Waals surface area contributed by atoms with E-state index in [-0.39, 0.29) is 11.2 Å². The first-order valence-corrected chi connectivity index (χ1v) is 14.9. The second kappa shape index (κ2) is 10.3. The molecule has 3 fully saturated rings. The van der Waals surface area contributed by atoms with E-state index in [1.165, 1.54) is 44.5 Å². The number of rotatable bonds is 5. The molecule has 7 nitrogen and oxygen atoms in total. The van der Waals surface area contributed by atoms with Crippen LogP contribution in [0.25, 0.3) is 10.9 Å². The third-order valence-corrected chi connectivity index (χ3v) is 9.87. The number of anilines is 1. The topological polar surface area (TPSA) is 73.3 Å². The van der Waals surface area contributed by atoms with Gasteiger partial charge in [-0.3, -0.25) is 14.8 Å². The number of piperidine rings is 1. The first kappa shape index (κ1) is 25.7. The number of hydrogen-bond donors (Lipinski definition) is 1. The fraction of sp³-hybridized carbons (Fsp3) is 0.485. The molecule has 0 atom stereocenters. The predicted octanol–water partition coefficient (Wildman–Crippen LogP) is 5.12. The number of hydrogen-bond acceptors (Lipinski definition) is 6. The Bertz CT molecular complexity index is 1480. The van der Waals surface area contributed by atoms with Crippen LogP contribution in [0.5, 0.6) is 0 Å². The van der Waals surface area contributed by atoms with Crippen LogP contribution in [0.2, 0.25) is 0 Å². The van der Waals surface area contributed by atoms with Crippen LogP contribution in [0.4, 0.5) is 5.69 Å². The number of nitrogens with one attached hydrogen (secondary N) is 1. The van der Waals surface area contributed by atoms with Crippen LogP contribution >= 0.6 is 0 Å². The SMILES string of the molecule is C=NCc1ccc2c3c([nH]c2c1)C1(CCOCC1)c1cc(N2CCC(N4CCCC4)CC2)c(/C=N/C)cc1C3=O. The fourth-order valence-corrected chi connectivity index (χ4v) is 7.86. The van der Waals surface area contributed by atoms with Crippen molar-refractivity contribution in [1.82, 2.24) is 9.88 Å². The van der Waals surface area contributed by atoms with E-state index < -0.39 is 0 Å². The summed E-state index contributed by atoms with van der Waals surface area (Å²) in [6.45, 7) is 10.2. The number of fused-ring (bicyclic) bond motifs is 6. The molecule has 3 aliphatic heterocycles. The van der Waals surface area contributed by atoms with Gasteiger partial charge in [-0.15, -0.1) is 0 Å². The van der Waals surface area contributed by atoms with Crippen LogP contribution in [0.1, 0.15) is 76.8 Å². The summed E-state index contributed by atoms with van der Waals surface area (Å²) >= 11 is 0. The molecule has 1 spiro atoms. The van der Waals surface area contributed by atoms with Gasteiger partial charge in [0.25, 0.3) is 0 Å². The number of carbonyl (C=O) groups is 1. The van der Waals surface area contributed by atoms with Gasteiger partial charge < -0.3 is 19.5 Å². The standard InChI is InChI=1S/C33H39N5O2/c1-34-20-22-5-6-25-28(17-22)36-32-30(25)31(39)26-18-23(21-35-2)29(19-27(26)33(32)9-15-40-16-10-33)38-13-7-24(8-14-38)37-11-3-4-12-37/h5-6,17-19,21,24,36H,1,3-4,7-16,20H2,2H3/b35-21+. The second-order valence-corrected chi connectivity index (χ2v) is 12.0. The van der Waals surface area contributed by atoms with Crippen molar-refractivity contribution >= 4 is 35.3 Å². The third kappa shape index (κ3) is 4.05. The molecule has 0 radical (unpaired) electrons. The van der Waals surface area contributed by atoms with Gasteiger partial charge >= 0.3 is 0 Å². The van der Waals surface area contributed by atoms with Gasteiger partial charge in [0.2, 0.25) is 0 Å². The average Bonchev–Trinajstić information content (AvgIpc) is 3.66. The molecule has 1 aliphatic carbocycles. The molecule has 2 aromatic carbocycles. The van der Waals surface area contributed by atoms with Crippen LogP contribution in [-0.4, -0.2) is 81.1 Å². The highest BCUT2D eigenvalue weighted by atomic mass is 16.5. The number of ketones is 1. The van der Waals surface area contributed by atoms with Gasteiger partial charge in [0, 0.05) is 84.4 Å². The van der Waals surface area contributed by atoms with E-state index in [1.807, 2.05) is 13.3 Å². The predicted molar refractivity (Wildman–Crippen MR) is 162 cm³/mol. The lowest BCUT2D eigenvalue weighted by molar-refractivity contribution is 0.0602. The summed E-state index contributed by atoms with van der Waals surface area (Å²) in [6.07, 6.45) is 8.69. The zero-order valence-electron chi connectivity index (χ0n) is 23.5. The Labute approximate surface area is 236 Å². The van der Waals surface area contributed by atoms with Gasteiger partial charge in [-0.05, 0) is 87.7 Å². The van der Waals surface area contributed by atoms with E-state index in [4.69, 9.17) is 4.74 Å². The lowest BCUT2D eigenvalue weighted by atomic mass is 9.64. The smallest absolute Gasteiger partial charge is 0.195 e. The summed E-state index contributed by atoms with van der Waals surface area (Å²) in [5, 5.41) is 0.989. The summed E-state index contributed by atoms with van der Waals surface area (Å²) in [5.41, 5.74) is 7.91. The van der Waals surface area contributed by atoms with Crippen molar-refractivity contribution < 1.29 is 9.53 Å². The number of H-pyrrole nitrogens is 1. The molecule has 4 heterocycles. The highest BCUT2D eigenvalue weighted by Gasteiger charge is 2.47. The second-order valence-electron chi connectivity index (χ2n) is 12.0. The zero-order valence-corrected chi connectivity index (χ0v) is 23.5. The summed E-state index contributed by atoms with van der Waals surface area (Å²) in [4.78, 5) is 31.8. The first-order chi connectivity index (χ1) is 19.6. The Balaban J connectivity index is 1.34. The van der Waals surface area contributed by atoms with E-state index >= 15 is 0 Å². The molecule has 7 rings (SSSR count). The highest BCUT2D eigenvalue weighted by molar-refractivity contribution is 6.20. The molecule has 0 bridgehead atoms. The largest absolute Gasteiger partial charge is 0.381 e. The van der Waals surface area contributed by atoms with Crippen LogP contribution in [-0.2, 0) is 16.7 Å². The van der Waals surface area contributed by atoms with Crippen molar-refractivity contribution in [1.29, 1.82) is 0 Å². The maximum absolute atomic E-state index is 14.3. The molecule has 3 saturated heterocycles. The Morgan fingerprint density at radius 1 is 1.10 bits per heavy atom. The number of nitrogens with zero attached hydrogens (tertiary/aromatic N) is 4. The van der Waals surface area contributed by atoms with Crippen molar-refractivity contribution in [3.8, 4) is 0 Å². The number of likely N-dealkylation sites (tertiary alicyclic amines) is 1. The molecular formula is C33H39N5O2. The fourth-order valence-electron chi connectivity index (χ4n) is 7.86. The van der Waals surface area contributed by atoms with Crippen molar-refractivity contribution in [2.24, 2.45) is 9.98 Å². The number of ether oxygens (including phenoxy) is 1. The molecular weight excluding hydrogens is 498 g/mol.